The molecule has 35 heavy (non-hydrogen) atoms. The van der Waals surface area contributed by atoms with Gasteiger partial charge in [0, 0.05) is 39.4 Å². The number of nitrogens with zero attached hydrogens (tertiary/aromatic N) is 2. The predicted octanol–water partition coefficient (Wildman–Crippen LogP) is 6.51. The molecule has 0 aliphatic rings. The van der Waals surface area contributed by atoms with Crippen molar-refractivity contribution in [2.24, 2.45) is 0 Å². The Hall–Kier alpha value is -1.48. The summed E-state index contributed by atoms with van der Waals surface area (Å²) < 4.78 is 24.3. The number of methoxy groups -OCH3 is 3. The van der Waals surface area contributed by atoms with Crippen molar-refractivity contribution < 1.29 is 23.4 Å². The number of ether oxygens (including phenoxy) is 3. The van der Waals surface area contributed by atoms with E-state index in [0.717, 1.165) is 75.0 Å². The lowest BCUT2D eigenvalue weighted by molar-refractivity contribution is -0.140. The number of hydrogen-bond acceptors (Lipinski definition) is 6. The van der Waals surface area contributed by atoms with Crippen molar-refractivity contribution in [3.8, 4) is 0 Å². The lowest BCUT2D eigenvalue weighted by Gasteiger charge is -2.36. The fourth-order valence-corrected chi connectivity index (χ4v) is 4.78. The molecule has 202 valence electrons. The van der Waals surface area contributed by atoms with Crippen molar-refractivity contribution >= 4 is 14.3 Å². The molecule has 0 aromatic carbocycles. The van der Waals surface area contributed by atoms with E-state index in [1.54, 1.807) is 14.2 Å². The van der Waals surface area contributed by atoms with Gasteiger partial charge in [-0.25, -0.2) is 0 Å². The number of allylic oxidation sites excluding steroid dienone is 2. The van der Waals surface area contributed by atoms with Gasteiger partial charge in [0.2, 0.25) is 6.29 Å². The predicted molar refractivity (Wildman–Crippen MR) is 144 cm³/mol. The molecule has 1 heterocycles. The van der Waals surface area contributed by atoms with Gasteiger partial charge < -0.3 is 18.6 Å². The number of rotatable bonds is 17. The normalized spacial score (nSPS) is 12.7. The largest absolute Gasteiger partial charge is 0.469 e. The van der Waals surface area contributed by atoms with Crippen molar-refractivity contribution in [3.05, 3.63) is 29.1 Å². The molecule has 0 unspecified atom stereocenters. The molecule has 1 rings (SSSR count). The SMILES string of the molecule is COC(=O)CCCC=CCc1c(C)nn(CCCCCCO[Si](C)(C)C(C)(C)C)c1C(OC)OC. The van der Waals surface area contributed by atoms with Crippen LogP contribution < -0.4 is 0 Å². The number of unbranched alkanes of at least 4 members (excludes halogenated alkanes) is 4. The number of aromatic nitrogens is 2. The summed E-state index contributed by atoms with van der Waals surface area (Å²) in [5.74, 6) is -0.163. The molecule has 0 saturated heterocycles. The van der Waals surface area contributed by atoms with Crippen LogP contribution in [-0.4, -0.2) is 52.0 Å². The molecule has 0 aliphatic carbocycles. The Bertz CT molecular complexity index is 779. The maximum Gasteiger partial charge on any atom is 0.305 e. The second kappa shape index (κ2) is 15.6. The Morgan fingerprint density at radius 2 is 1.69 bits per heavy atom. The summed E-state index contributed by atoms with van der Waals surface area (Å²) in [5.41, 5.74) is 3.14. The molecule has 0 bridgehead atoms. The first-order chi connectivity index (χ1) is 16.5. The summed E-state index contributed by atoms with van der Waals surface area (Å²) in [7, 11) is 3.10. The minimum Gasteiger partial charge on any atom is -0.469 e. The van der Waals surface area contributed by atoms with Crippen molar-refractivity contribution in [1.29, 1.82) is 0 Å². The Morgan fingerprint density at radius 1 is 1.03 bits per heavy atom. The summed E-state index contributed by atoms with van der Waals surface area (Å²) in [5, 5.41) is 5.07. The van der Waals surface area contributed by atoms with Crippen molar-refractivity contribution in [3.63, 3.8) is 0 Å². The second-order valence-corrected chi connectivity index (χ2v) is 15.5. The highest BCUT2D eigenvalue weighted by Gasteiger charge is 2.36. The van der Waals surface area contributed by atoms with Gasteiger partial charge in [-0.2, -0.15) is 5.10 Å². The molecule has 0 saturated carbocycles. The van der Waals surface area contributed by atoms with E-state index in [1.165, 1.54) is 7.11 Å². The summed E-state index contributed by atoms with van der Waals surface area (Å²) >= 11 is 0. The summed E-state index contributed by atoms with van der Waals surface area (Å²) in [6.45, 7) is 15.2. The third-order valence-corrected chi connectivity index (χ3v) is 11.5. The summed E-state index contributed by atoms with van der Waals surface area (Å²) in [6, 6.07) is 0. The van der Waals surface area contributed by atoms with E-state index in [4.69, 9.17) is 19.0 Å². The monoisotopic (exact) mass is 510 g/mol. The number of hydrogen-bond donors (Lipinski definition) is 0. The molecule has 0 radical (unpaired) electrons. The second-order valence-electron chi connectivity index (χ2n) is 10.6. The van der Waals surface area contributed by atoms with Gasteiger partial charge in [0.1, 0.15) is 0 Å². The number of aryl methyl sites for hydroxylation is 2. The van der Waals surface area contributed by atoms with Crippen LogP contribution in [0.2, 0.25) is 18.1 Å². The molecule has 7 nitrogen and oxygen atoms in total. The van der Waals surface area contributed by atoms with Crippen LogP contribution >= 0.6 is 0 Å². The zero-order valence-electron chi connectivity index (χ0n) is 23.7. The van der Waals surface area contributed by atoms with E-state index in [9.17, 15) is 4.79 Å². The fourth-order valence-electron chi connectivity index (χ4n) is 3.69. The average molecular weight is 511 g/mol. The molecule has 0 aliphatic heterocycles. The average Bonchev–Trinajstić information content (AvgIpc) is 3.10. The number of esters is 1. The highest BCUT2D eigenvalue weighted by atomic mass is 28.4. The van der Waals surface area contributed by atoms with E-state index < -0.39 is 14.6 Å². The molecule has 1 aromatic rings. The highest BCUT2D eigenvalue weighted by molar-refractivity contribution is 6.74. The topological polar surface area (TPSA) is 71.8 Å². The van der Waals surface area contributed by atoms with Crippen molar-refractivity contribution in [2.45, 2.75) is 110 Å². The van der Waals surface area contributed by atoms with Gasteiger partial charge in [-0.05, 0) is 57.2 Å². The van der Waals surface area contributed by atoms with E-state index in [2.05, 4.69) is 55.4 Å². The molecular weight excluding hydrogens is 460 g/mol. The van der Waals surface area contributed by atoms with Crippen LogP contribution in [0.15, 0.2) is 12.2 Å². The Kier molecular flexibility index (Phi) is 14.1. The molecule has 0 spiro atoms. The Morgan fingerprint density at radius 3 is 2.29 bits per heavy atom. The third kappa shape index (κ3) is 10.6. The van der Waals surface area contributed by atoms with Crippen LogP contribution in [-0.2, 0) is 36.4 Å². The zero-order valence-corrected chi connectivity index (χ0v) is 24.7. The molecule has 1 aromatic heterocycles. The molecular formula is C27H50N2O5Si. The van der Waals surface area contributed by atoms with Crippen LogP contribution in [0.5, 0.6) is 0 Å². The number of carbonyl (C=O) groups is 1. The molecule has 0 atom stereocenters. The molecule has 0 N–H and O–H groups in total. The minimum absolute atomic E-state index is 0.163. The van der Waals surface area contributed by atoms with Crippen molar-refractivity contribution in [2.75, 3.05) is 27.9 Å². The minimum atomic E-state index is -1.65. The molecule has 0 amide bonds. The quantitative estimate of drug-likeness (QED) is 0.0782. The van der Waals surface area contributed by atoms with Gasteiger partial charge in [0.05, 0.1) is 18.5 Å². The Balaban J connectivity index is 2.62. The fraction of sp³-hybridized carbons (Fsp3) is 0.778. The lowest BCUT2D eigenvalue weighted by Crippen LogP contribution is -2.40. The highest BCUT2D eigenvalue weighted by Crippen LogP contribution is 2.36. The van der Waals surface area contributed by atoms with Gasteiger partial charge in [-0.1, -0.05) is 45.8 Å². The van der Waals surface area contributed by atoms with Crippen LogP contribution in [0.4, 0.5) is 0 Å². The van der Waals surface area contributed by atoms with Crippen LogP contribution in [0, 0.1) is 6.92 Å². The zero-order chi connectivity index (χ0) is 26.5. The Labute approximate surface area is 214 Å². The van der Waals surface area contributed by atoms with E-state index >= 15 is 0 Å². The van der Waals surface area contributed by atoms with Gasteiger partial charge in [0.25, 0.3) is 0 Å². The maximum absolute atomic E-state index is 11.2. The number of carbonyl (C=O) groups excluding carboxylic acids is 1. The molecule has 8 heteroatoms. The smallest absolute Gasteiger partial charge is 0.305 e. The first-order valence-corrected chi connectivity index (χ1v) is 15.9. The van der Waals surface area contributed by atoms with Gasteiger partial charge in [-0.15, -0.1) is 0 Å². The maximum atomic E-state index is 11.2. The summed E-state index contributed by atoms with van der Waals surface area (Å²) in [6.07, 6.45) is 11.1. The van der Waals surface area contributed by atoms with Crippen LogP contribution in [0.25, 0.3) is 0 Å². The van der Waals surface area contributed by atoms with Gasteiger partial charge in [0.15, 0.2) is 8.32 Å². The third-order valence-electron chi connectivity index (χ3n) is 6.95. The van der Waals surface area contributed by atoms with Gasteiger partial charge >= 0.3 is 5.97 Å². The van der Waals surface area contributed by atoms with Gasteiger partial charge in [-0.3, -0.25) is 9.48 Å². The first kappa shape index (κ1) is 31.5. The first-order valence-electron chi connectivity index (χ1n) is 13.0. The van der Waals surface area contributed by atoms with E-state index in [0.29, 0.717) is 6.42 Å². The van der Waals surface area contributed by atoms with Crippen LogP contribution in [0.3, 0.4) is 0 Å². The van der Waals surface area contributed by atoms with E-state index in [-0.39, 0.29) is 11.0 Å². The van der Waals surface area contributed by atoms with Crippen molar-refractivity contribution in [1.82, 2.24) is 9.78 Å². The molecule has 0 fully saturated rings. The van der Waals surface area contributed by atoms with E-state index in [1.807, 2.05) is 6.92 Å². The standard InChI is InChI=1S/C27H50N2O5Si/c1-22-23(18-14-10-11-15-19-24(30)31-5)25(26(32-6)33-7)29(28-22)20-16-12-13-17-21-34-35(8,9)27(2,3)4/h10,14,26H,11-13,15-21H2,1-9H3. The van der Waals surface area contributed by atoms with Crippen LogP contribution in [0.1, 0.15) is 89.0 Å². The summed E-state index contributed by atoms with van der Waals surface area (Å²) in [4.78, 5) is 11.2. The lowest BCUT2D eigenvalue weighted by atomic mass is 10.1.